The summed E-state index contributed by atoms with van der Waals surface area (Å²) in [5.74, 6) is 2.17. The van der Waals surface area contributed by atoms with Crippen molar-refractivity contribution in [2.24, 2.45) is 5.92 Å². The molecule has 0 bridgehead atoms. The second kappa shape index (κ2) is 5.96. The molecule has 4 nitrogen and oxygen atoms in total. The van der Waals surface area contributed by atoms with E-state index in [1.807, 2.05) is 32.0 Å². The second-order valence-corrected chi connectivity index (χ2v) is 5.68. The lowest BCUT2D eigenvalue weighted by Gasteiger charge is -2.11. The fourth-order valence-corrected chi connectivity index (χ4v) is 2.28. The van der Waals surface area contributed by atoms with Crippen molar-refractivity contribution in [2.75, 3.05) is 0 Å². The Morgan fingerprint density at radius 3 is 2.65 bits per heavy atom. The van der Waals surface area contributed by atoms with Gasteiger partial charge in [-0.05, 0) is 31.9 Å². The third kappa shape index (κ3) is 3.11. The lowest BCUT2D eigenvalue weighted by molar-refractivity contribution is 0.242. The van der Waals surface area contributed by atoms with Gasteiger partial charge in [0.25, 0.3) is 0 Å². The standard InChI is InChI=1S/C16H21N3O/c1-11(2)10-19-15-6-5-13(20-12(3)4)9-14(15)18-16(19)7-8-17/h5-6,9,11-12H,7,10H2,1-4H3. The van der Waals surface area contributed by atoms with Crippen LogP contribution in [0, 0.1) is 17.2 Å². The molecule has 0 fully saturated rings. The summed E-state index contributed by atoms with van der Waals surface area (Å²) < 4.78 is 7.84. The zero-order chi connectivity index (χ0) is 14.7. The number of fused-ring (bicyclic) bond motifs is 1. The largest absolute Gasteiger partial charge is 0.491 e. The van der Waals surface area contributed by atoms with Crippen molar-refractivity contribution in [1.29, 1.82) is 5.26 Å². The van der Waals surface area contributed by atoms with Crippen LogP contribution < -0.4 is 4.74 Å². The van der Waals surface area contributed by atoms with E-state index < -0.39 is 0 Å². The van der Waals surface area contributed by atoms with Crippen LogP contribution in [0.4, 0.5) is 0 Å². The maximum Gasteiger partial charge on any atom is 0.124 e. The fourth-order valence-electron chi connectivity index (χ4n) is 2.28. The second-order valence-electron chi connectivity index (χ2n) is 5.68. The minimum Gasteiger partial charge on any atom is -0.491 e. The van der Waals surface area contributed by atoms with Crippen LogP contribution in [0.1, 0.15) is 33.5 Å². The molecule has 0 aliphatic carbocycles. The van der Waals surface area contributed by atoms with Gasteiger partial charge in [-0.1, -0.05) is 13.8 Å². The number of ether oxygens (including phenoxy) is 1. The van der Waals surface area contributed by atoms with Gasteiger partial charge in [-0.25, -0.2) is 4.98 Å². The number of benzene rings is 1. The zero-order valence-corrected chi connectivity index (χ0v) is 12.6. The Morgan fingerprint density at radius 2 is 2.05 bits per heavy atom. The van der Waals surface area contributed by atoms with Gasteiger partial charge in [0.05, 0.1) is 29.6 Å². The number of hydrogen-bond donors (Lipinski definition) is 0. The van der Waals surface area contributed by atoms with Gasteiger partial charge in [-0.15, -0.1) is 0 Å². The molecule has 0 N–H and O–H groups in total. The van der Waals surface area contributed by atoms with Crippen molar-refractivity contribution in [3.63, 3.8) is 0 Å². The summed E-state index contributed by atoms with van der Waals surface area (Å²) in [4.78, 5) is 4.58. The van der Waals surface area contributed by atoms with Crippen molar-refractivity contribution in [3.05, 3.63) is 24.0 Å². The van der Waals surface area contributed by atoms with Gasteiger partial charge < -0.3 is 9.30 Å². The highest BCUT2D eigenvalue weighted by atomic mass is 16.5. The van der Waals surface area contributed by atoms with E-state index in [0.717, 1.165) is 29.2 Å². The molecule has 106 valence electrons. The monoisotopic (exact) mass is 271 g/mol. The molecule has 0 saturated heterocycles. The van der Waals surface area contributed by atoms with E-state index in [0.29, 0.717) is 12.3 Å². The van der Waals surface area contributed by atoms with Crippen LogP contribution in [-0.4, -0.2) is 15.7 Å². The molecule has 1 aromatic heterocycles. The molecule has 2 rings (SSSR count). The van der Waals surface area contributed by atoms with E-state index in [-0.39, 0.29) is 6.10 Å². The van der Waals surface area contributed by atoms with Gasteiger partial charge in [0.1, 0.15) is 11.6 Å². The van der Waals surface area contributed by atoms with Crippen LogP contribution in [0.2, 0.25) is 0 Å². The minimum atomic E-state index is 0.142. The number of nitriles is 1. The quantitative estimate of drug-likeness (QED) is 0.835. The summed E-state index contributed by atoms with van der Waals surface area (Å²) in [6, 6.07) is 8.14. The Labute approximate surface area is 120 Å². The van der Waals surface area contributed by atoms with Gasteiger partial charge in [-0.2, -0.15) is 5.26 Å². The highest BCUT2D eigenvalue weighted by molar-refractivity contribution is 5.78. The first-order chi connectivity index (χ1) is 9.51. The Morgan fingerprint density at radius 1 is 1.30 bits per heavy atom. The number of imidazole rings is 1. The van der Waals surface area contributed by atoms with E-state index in [1.165, 1.54) is 0 Å². The first-order valence-corrected chi connectivity index (χ1v) is 7.04. The maximum atomic E-state index is 8.95. The first-order valence-electron chi connectivity index (χ1n) is 7.04. The number of aromatic nitrogens is 2. The van der Waals surface area contributed by atoms with Crippen LogP contribution in [0.25, 0.3) is 11.0 Å². The van der Waals surface area contributed by atoms with E-state index in [2.05, 4.69) is 29.5 Å². The van der Waals surface area contributed by atoms with Gasteiger partial charge >= 0.3 is 0 Å². The third-order valence-electron chi connectivity index (χ3n) is 2.96. The Hall–Kier alpha value is -2.02. The third-order valence-corrected chi connectivity index (χ3v) is 2.96. The predicted molar refractivity (Wildman–Crippen MR) is 79.7 cm³/mol. The molecule has 0 unspecified atom stereocenters. The van der Waals surface area contributed by atoms with E-state index in [9.17, 15) is 0 Å². The van der Waals surface area contributed by atoms with Crippen LogP contribution in [0.5, 0.6) is 5.75 Å². The average molecular weight is 271 g/mol. The molecule has 0 atom stereocenters. The number of hydrogen-bond acceptors (Lipinski definition) is 3. The van der Waals surface area contributed by atoms with Crippen LogP contribution >= 0.6 is 0 Å². The molecule has 0 aliphatic heterocycles. The molecule has 0 spiro atoms. The van der Waals surface area contributed by atoms with Crippen molar-refractivity contribution in [3.8, 4) is 11.8 Å². The predicted octanol–water partition coefficient (Wildman–Crippen LogP) is 3.55. The fraction of sp³-hybridized carbons (Fsp3) is 0.500. The Kier molecular flexibility index (Phi) is 4.29. The van der Waals surface area contributed by atoms with Crippen molar-refractivity contribution < 1.29 is 4.74 Å². The molecule has 2 aromatic rings. The summed E-state index contributed by atoms with van der Waals surface area (Å²) in [7, 11) is 0. The highest BCUT2D eigenvalue weighted by Gasteiger charge is 2.12. The molecule has 1 heterocycles. The van der Waals surface area contributed by atoms with Gasteiger partial charge in [0.15, 0.2) is 0 Å². The van der Waals surface area contributed by atoms with Crippen molar-refractivity contribution in [2.45, 2.75) is 46.8 Å². The maximum absolute atomic E-state index is 8.95. The summed E-state index contributed by atoms with van der Waals surface area (Å²) in [6.45, 7) is 9.21. The molecule has 0 radical (unpaired) electrons. The molecule has 0 amide bonds. The molecular formula is C16H21N3O. The highest BCUT2D eigenvalue weighted by Crippen LogP contribution is 2.24. The smallest absolute Gasteiger partial charge is 0.124 e. The molecule has 0 saturated carbocycles. The average Bonchev–Trinajstić information content (AvgIpc) is 2.66. The van der Waals surface area contributed by atoms with Crippen LogP contribution in [-0.2, 0) is 13.0 Å². The molecule has 4 heteroatoms. The topological polar surface area (TPSA) is 50.8 Å². The number of nitrogens with zero attached hydrogens (tertiary/aromatic N) is 3. The van der Waals surface area contributed by atoms with Gasteiger partial charge in [0.2, 0.25) is 0 Å². The lowest BCUT2D eigenvalue weighted by Crippen LogP contribution is -2.08. The Bertz CT molecular complexity index is 635. The number of rotatable bonds is 5. The molecule has 20 heavy (non-hydrogen) atoms. The summed E-state index contributed by atoms with van der Waals surface area (Å²) >= 11 is 0. The van der Waals surface area contributed by atoms with E-state index in [4.69, 9.17) is 10.00 Å². The normalized spacial score (nSPS) is 11.2. The lowest BCUT2D eigenvalue weighted by atomic mass is 10.2. The van der Waals surface area contributed by atoms with Gasteiger partial charge in [0, 0.05) is 12.6 Å². The zero-order valence-electron chi connectivity index (χ0n) is 12.6. The van der Waals surface area contributed by atoms with Gasteiger partial charge in [-0.3, -0.25) is 0 Å². The molecular weight excluding hydrogens is 250 g/mol. The van der Waals surface area contributed by atoms with Crippen molar-refractivity contribution in [1.82, 2.24) is 9.55 Å². The minimum absolute atomic E-state index is 0.142. The summed E-state index contributed by atoms with van der Waals surface area (Å²) in [5.41, 5.74) is 1.97. The Balaban J connectivity index is 2.47. The summed E-state index contributed by atoms with van der Waals surface area (Å²) in [5, 5.41) is 8.95. The summed E-state index contributed by atoms with van der Waals surface area (Å²) in [6.07, 6.45) is 0.477. The molecule has 0 aliphatic rings. The van der Waals surface area contributed by atoms with E-state index >= 15 is 0 Å². The first kappa shape index (κ1) is 14.4. The van der Waals surface area contributed by atoms with Crippen LogP contribution in [0.3, 0.4) is 0 Å². The van der Waals surface area contributed by atoms with Crippen molar-refractivity contribution >= 4 is 11.0 Å². The van der Waals surface area contributed by atoms with Crippen LogP contribution in [0.15, 0.2) is 18.2 Å². The SMILES string of the molecule is CC(C)Cn1c(CC#N)nc2cc(OC(C)C)ccc21. The van der Waals surface area contributed by atoms with E-state index in [1.54, 1.807) is 0 Å². The molecule has 1 aromatic carbocycles.